The van der Waals surface area contributed by atoms with E-state index in [-0.39, 0.29) is 0 Å². The molecule has 0 unspecified atom stereocenters. The van der Waals surface area contributed by atoms with Crippen LogP contribution < -0.4 is 5.32 Å². The maximum atomic E-state index is 9.86. The van der Waals surface area contributed by atoms with E-state index in [1.807, 2.05) is 25.1 Å². The van der Waals surface area contributed by atoms with Gasteiger partial charge in [-0.3, -0.25) is 0 Å². The number of nitrogens with one attached hydrogen (secondary N) is 1. The van der Waals surface area contributed by atoms with Crippen LogP contribution in [0.5, 0.6) is 5.75 Å². The quantitative estimate of drug-likeness (QED) is 0.798. The van der Waals surface area contributed by atoms with Gasteiger partial charge in [0.1, 0.15) is 5.75 Å². The van der Waals surface area contributed by atoms with Crippen LogP contribution in [-0.2, 0) is 6.54 Å². The van der Waals surface area contributed by atoms with E-state index in [1.54, 1.807) is 0 Å². The van der Waals surface area contributed by atoms with E-state index in [4.69, 9.17) is 0 Å². The predicted molar refractivity (Wildman–Crippen MR) is 66.5 cm³/mol. The second-order valence-electron chi connectivity index (χ2n) is 5.04. The number of aromatic hydroxyl groups is 1. The Bertz CT molecular complexity index is 369. The summed E-state index contributed by atoms with van der Waals surface area (Å²) in [7, 11) is 0. The Kier molecular flexibility index (Phi) is 3.20. The molecular weight excluding hydrogens is 198 g/mol. The molecule has 2 nitrogen and oxygen atoms in total. The average Bonchev–Trinajstić information content (AvgIpc) is 3.05. The molecule has 1 fully saturated rings. The van der Waals surface area contributed by atoms with Crippen LogP contribution in [0.15, 0.2) is 18.2 Å². The van der Waals surface area contributed by atoms with Crippen molar-refractivity contribution in [1.29, 1.82) is 0 Å². The minimum atomic E-state index is 0.441. The van der Waals surface area contributed by atoms with Crippen molar-refractivity contribution >= 4 is 0 Å². The van der Waals surface area contributed by atoms with Crippen LogP contribution in [0.3, 0.4) is 0 Å². The first kappa shape index (κ1) is 11.5. The van der Waals surface area contributed by atoms with Crippen molar-refractivity contribution in [3.05, 3.63) is 29.3 Å². The summed E-state index contributed by atoms with van der Waals surface area (Å²) in [6.45, 7) is 6.05. The molecule has 2 heteroatoms. The number of phenols is 1. The minimum Gasteiger partial charge on any atom is -0.507 e. The van der Waals surface area contributed by atoms with Crippen molar-refractivity contribution in [3.8, 4) is 5.75 Å². The predicted octanol–water partition coefficient (Wildman–Crippen LogP) is 2.98. The van der Waals surface area contributed by atoms with Gasteiger partial charge in [-0.15, -0.1) is 0 Å². The third kappa shape index (κ3) is 2.38. The smallest absolute Gasteiger partial charge is 0.122 e. The van der Waals surface area contributed by atoms with Crippen LogP contribution in [0, 0.1) is 12.3 Å². The molecule has 2 N–H and O–H groups in total. The standard InChI is InChI=1S/C14H21NO/c1-3-14(7-8-14)10-15-9-12-6-4-5-11(2)13(12)16/h4-6,15-16H,3,7-10H2,1-2H3. The number of phenolic OH excluding ortho intramolecular Hbond substituents is 1. The Hall–Kier alpha value is -1.02. The van der Waals surface area contributed by atoms with E-state index in [0.717, 1.165) is 24.2 Å². The lowest BCUT2D eigenvalue weighted by Crippen LogP contribution is -2.23. The lowest BCUT2D eigenvalue weighted by atomic mass is 10.0. The Morgan fingerprint density at radius 2 is 2.12 bits per heavy atom. The van der Waals surface area contributed by atoms with Gasteiger partial charge in [-0.05, 0) is 37.2 Å². The first-order chi connectivity index (χ1) is 7.67. The summed E-state index contributed by atoms with van der Waals surface area (Å²) in [5.41, 5.74) is 2.53. The van der Waals surface area contributed by atoms with Crippen molar-refractivity contribution in [2.24, 2.45) is 5.41 Å². The van der Waals surface area contributed by atoms with E-state index in [9.17, 15) is 5.11 Å². The molecule has 1 saturated carbocycles. The fourth-order valence-corrected chi connectivity index (χ4v) is 2.16. The van der Waals surface area contributed by atoms with E-state index in [0.29, 0.717) is 11.2 Å². The molecule has 0 bridgehead atoms. The van der Waals surface area contributed by atoms with Crippen molar-refractivity contribution in [1.82, 2.24) is 5.32 Å². The number of rotatable bonds is 5. The largest absolute Gasteiger partial charge is 0.507 e. The van der Waals surface area contributed by atoms with Gasteiger partial charge < -0.3 is 10.4 Å². The Morgan fingerprint density at radius 3 is 2.75 bits per heavy atom. The monoisotopic (exact) mass is 219 g/mol. The van der Waals surface area contributed by atoms with Crippen LogP contribution in [-0.4, -0.2) is 11.7 Å². The summed E-state index contributed by atoms with van der Waals surface area (Å²) in [5, 5.41) is 13.3. The SMILES string of the molecule is CCC1(CNCc2cccc(C)c2O)CC1. The first-order valence-corrected chi connectivity index (χ1v) is 6.15. The number of para-hydroxylation sites is 1. The maximum Gasteiger partial charge on any atom is 0.122 e. The molecule has 0 atom stereocenters. The van der Waals surface area contributed by atoms with Gasteiger partial charge >= 0.3 is 0 Å². The fraction of sp³-hybridized carbons (Fsp3) is 0.571. The molecule has 0 radical (unpaired) electrons. The van der Waals surface area contributed by atoms with Crippen LogP contribution in [0.4, 0.5) is 0 Å². The van der Waals surface area contributed by atoms with Crippen molar-refractivity contribution in [2.75, 3.05) is 6.54 Å². The summed E-state index contributed by atoms with van der Waals surface area (Å²) in [6.07, 6.45) is 3.98. The maximum absolute atomic E-state index is 9.86. The van der Waals surface area contributed by atoms with Gasteiger partial charge in [0.15, 0.2) is 0 Å². The van der Waals surface area contributed by atoms with Gasteiger partial charge in [0.25, 0.3) is 0 Å². The van der Waals surface area contributed by atoms with Crippen molar-refractivity contribution in [3.63, 3.8) is 0 Å². The molecular formula is C14H21NO. The highest BCUT2D eigenvalue weighted by molar-refractivity contribution is 5.39. The molecule has 0 aliphatic heterocycles. The summed E-state index contributed by atoms with van der Waals surface area (Å²) in [6, 6.07) is 5.92. The number of hydrogen-bond acceptors (Lipinski definition) is 2. The van der Waals surface area contributed by atoms with E-state index < -0.39 is 0 Å². The zero-order chi connectivity index (χ0) is 11.6. The Labute approximate surface area is 97.7 Å². The zero-order valence-electron chi connectivity index (χ0n) is 10.2. The Balaban J connectivity index is 1.88. The van der Waals surface area contributed by atoms with E-state index in [1.165, 1.54) is 19.3 Å². The molecule has 16 heavy (non-hydrogen) atoms. The van der Waals surface area contributed by atoms with Gasteiger partial charge in [0.2, 0.25) is 0 Å². The van der Waals surface area contributed by atoms with Crippen molar-refractivity contribution < 1.29 is 5.11 Å². The van der Waals surface area contributed by atoms with Gasteiger partial charge in [0, 0.05) is 18.7 Å². The van der Waals surface area contributed by atoms with Crippen LogP contribution in [0.25, 0.3) is 0 Å². The highest BCUT2D eigenvalue weighted by Gasteiger charge is 2.39. The van der Waals surface area contributed by atoms with Crippen LogP contribution in [0.1, 0.15) is 37.3 Å². The molecule has 1 aliphatic rings. The minimum absolute atomic E-state index is 0.441. The molecule has 0 aromatic heterocycles. The third-order valence-electron chi connectivity index (χ3n) is 3.84. The lowest BCUT2D eigenvalue weighted by Gasteiger charge is -2.14. The average molecular weight is 219 g/mol. The molecule has 0 spiro atoms. The molecule has 0 saturated heterocycles. The topological polar surface area (TPSA) is 32.3 Å². The second kappa shape index (κ2) is 4.46. The fourth-order valence-electron chi connectivity index (χ4n) is 2.16. The molecule has 88 valence electrons. The Morgan fingerprint density at radius 1 is 1.38 bits per heavy atom. The molecule has 2 rings (SSSR count). The van der Waals surface area contributed by atoms with Gasteiger partial charge in [-0.1, -0.05) is 25.1 Å². The number of hydrogen-bond donors (Lipinski definition) is 2. The highest BCUT2D eigenvalue weighted by atomic mass is 16.3. The third-order valence-corrected chi connectivity index (χ3v) is 3.84. The van der Waals surface area contributed by atoms with Crippen LogP contribution >= 0.6 is 0 Å². The summed E-state index contributed by atoms with van der Waals surface area (Å²) in [4.78, 5) is 0. The summed E-state index contributed by atoms with van der Waals surface area (Å²) < 4.78 is 0. The highest BCUT2D eigenvalue weighted by Crippen LogP contribution is 2.47. The zero-order valence-corrected chi connectivity index (χ0v) is 10.2. The van der Waals surface area contributed by atoms with E-state index >= 15 is 0 Å². The second-order valence-corrected chi connectivity index (χ2v) is 5.04. The van der Waals surface area contributed by atoms with Crippen molar-refractivity contribution in [2.45, 2.75) is 39.7 Å². The van der Waals surface area contributed by atoms with Gasteiger partial charge in [-0.25, -0.2) is 0 Å². The number of aryl methyl sites for hydroxylation is 1. The summed E-state index contributed by atoms with van der Waals surface area (Å²) >= 11 is 0. The molecule has 0 amide bonds. The molecule has 1 aliphatic carbocycles. The van der Waals surface area contributed by atoms with Gasteiger partial charge in [-0.2, -0.15) is 0 Å². The molecule has 0 heterocycles. The van der Waals surface area contributed by atoms with Gasteiger partial charge in [0.05, 0.1) is 0 Å². The normalized spacial score (nSPS) is 17.4. The van der Waals surface area contributed by atoms with E-state index in [2.05, 4.69) is 12.2 Å². The summed E-state index contributed by atoms with van der Waals surface area (Å²) in [5.74, 6) is 0.441. The van der Waals surface area contributed by atoms with Crippen LogP contribution in [0.2, 0.25) is 0 Å². The number of benzene rings is 1. The lowest BCUT2D eigenvalue weighted by molar-refractivity contribution is 0.431. The first-order valence-electron chi connectivity index (χ1n) is 6.15. The molecule has 1 aromatic rings. The molecule has 1 aromatic carbocycles.